The summed E-state index contributed by atoms with van der Waals surface area (Å²) in [6.45, 7) is 1.94. The molecule has 2 aromatic heterocycles. The molecule has 0 saturated heterocycles. The topological polar surface area (TPSA) is 37.8 Å². The molecule has 0 atom stereocenters. The van der Waals surface area contributed by atoms with Crippen molar-refractivity contribution in [1.82, 2.24) is 15.3 Å². The Morgan fingerprint density at radius 2 is 2.32 bits per heavy atom. The second kappa shape index (κ2) is 5.61. The number of rotatable bonds is 6. The van der Waals surface area contributed by atoms with E-state index in [0.29, 0.717) is 4.75 Å². The van der Waals surface area contributed by atoms with Gasteiger partial charge in [0, 0.05) is 29.4 Å². The molecule has 0 radical (unpaired) electrons. The zero-order valence-corrected chi connectivity index (χ0v) is 12.6. The van der Waals surface area contributed by atoms with E-state index in [1.54, 1.807) is 11.3 Å². The molecule has 3 nitrogen and oxygen atoms in total. The maximum absolute atomic E-state index is 4.63. The molecule has 5 heteroatoms. The van der Waals surface area contributed by atoms with Gasteiger partial charge in [0.25, 0.3) is 0 Å². The molecule has 1 N–H and O–H groups in total. The molecule has 3 rings (SSSR count). The zero-order valence-electron chi connectivity index (χ0n) is 10.9. The lowest BCUT2D eigenvalue weighted by Crippen LogP contribution is -2.25. The number of thioether (sulfide) groups is 1. The fourth-order valence-corrected chi connectivity index (χ4v) is 3.56. The number of aromatic nitrogens is 2. The second-order valence-corrected chi connectivity index (χ2v) is 6.98. The molecule has 1 aliphatic rings. The van der Waals surface area contributed by atoms with Crippen molar-refractivity contribution in [2.24, 2.45) is 0 Å². The summed E-state index contributed by atoms with van der Waals surface area (Å²) < 4.78 is 0.514. The van der Waals surface area contributed by atoms with E-state index in [9.17, 15) is 0 Å². The van der Waals surface area contributed by atoms with Crippen molar-refractivity contribution in [3.63, 3.8) is 0 Å². The molecule has 0 bridgehead atoms. The summed E-state index contributed by atoms with van der Waals surface area (Å²) in [4.78, 5) is 8.96. The van der Waals surface area contributed by atoms with Crippen LogP contribution in [0.2, 0.25) is 0 Å². The van der Waals surface area contributed by atoms with Crippen LogP contribution in [0.1, 0.15) is 18.5 Å². The Hall–Kier alpha value is -0.910. The van der Waals surface area contributed by atoms with Crippen molar-refractivity contribution in [3.05, 3.63) is 35.5 Å². The van der Waals surface area contributed by atoms with Gasteiger partial charge >= 0.3 is 0 Å². The summed E-state index contributed by atoms with van der Waals surface area (Å²) in [6.07, 6.45) is 6.70. The summed E-state index contributed by atoms with van der Waals surface area (Å²) >= 11 is 3.65. The molecule has 1 saturated carbocycles. The third-order valence-corrected chi connectivity index (χ3v) is 5.76. The highest BCUT2D eigenvalue weighted by atomic mass is 32.2. The minimum Gasteiger partial charge on any atom is -0.310 e. The third kappa shape index (κ3) is 3.16. The maximum atomic E-state index is 4.63. The van der Waals surface area contributed by atoms with E-state index in [4.69, 9.17) is 0 Å². The standard InChI is InChI=1S/C14H17N3S2/c1-18-14(5-6-14)10-15-8-11-9-19-13(17-11)12-4-2-3-7-16-12/h2-4,7,9,15H,5-6,8,10H2,1H3. The number of nitrogens with zero attached hydrogens (tertiary/aromatic N) is 2. The monoisotopic (exact) mass is 291 g/mol. The van der Waals surface area contributed by atoms with Crippen LogP contribution in [0.15, 0.2) is 29.8 Å². The molecular formula is C14H17N3S2. The van der Waals surface area contributed by atoms with E-state index in [0.717, 1.165) is 29.5 Å². The van der Waals surface area contributed by atoms with Gasteiger partial charge in [-0.25, -0.2) is 4.98 Å². The van der Waals surface area contributed by atoms with E-state index in [-0.39, 0.29) is 0 Å². The van der Waals surface area contributed by atoms with Crippen molar-refractivity contribution < 1.29 is 0 Å². The molecule has 0 amide bonds. The van der Waals surface area contributed by atoms with Crippen molar-refractivity contribution in [3.8, 4) is 10.7 Å². The Kier molecular flexibility index (Phi) is 3.86. The van der Waals surface area contributed by atoms with Gasteiger partial charge in [-0.2, -0.15) is 11.8 Å². The Balaban J connectivity index is 1.57. The van der Waals surface area contributed by atoms with Crippen LogP contribution in [-0.2, 0) is 6.54 Å². The fraction of sp³-hybridized carbons (Fsp3) is 0.429. The Bertz CT molecular complexity index is 535. The quantitative estimate of drug-likeness (QED) is 0.887. The molecule has 19 heavy (non-hydrogen) atoms. The summed E-state index contributed by atoms with van der Waals surface area (Å²) in [6, 6.07) is 5.93. The number of thiazole rings is 1. The van der Waals surface area contributed by atoms with Gasteiger partial charge in [-0.05, 0) is 31.2 Å². The molecule has 0 aliphatic heterocycles. The van der Waals surface area contributed by atoms with Crippen LogP contribution >= 0.6 is 23.1 Å². The van der Waals surface area contributed by atoms with Crippen LogP contribution in [-0.4, -0.2) is 27.5 Å². The first kappa shape index (κ1) is 13.1. The van der Waals surface area contributed by atoms with Crippen LogP contribution in [0.5, 0.6) is 0 Å². The number of pyridine rings is 1. The van der Waals surface area contributed by atoms with Crippen LogP contribution < -0.4 is 5.32 Å². The van der Waals surface area contributed by atoms with Gasteiger partial charge in [-0.3, -0.25) is 4.98 Å². The molecule has 2 aromatic rings. The number of nitrogens with one attached hydrogen (secondary N) is 1. The molecule has 0 unspecified atom stereocenters. The van der Waals surface area contributed by atoms with E-state index in [1.165, 1.54) is 12.8 Å². The molecule has 0 spiro atoms. The summed E-state index contributed by atoms with van der Waals surface area (Å²) in [5.41, 5.74) is 2.07. The van der Waals surface area contributed by atoms with Crippen molar-refractivity contribution in [2.45, 2.75) is 24.1 Å². The number of hydrogen-bond donors (Lipinski definition) is 1. The van der Waals surface area contributed by atoms with Crippen molar-refractivity contribution >= 4 is 23.1 Å². The predicted octanol–water partition coefficient (Wildman–Crippen LogP) is 3.19. The van der Waals surface area contributed by atoms with Gasteiger partial charge in [-0.1, -0.05) is 6.07 Å². The van der Waals surface area contributed by atoms with Gasteiger partial charge in [-0.15, -0.1) is 11.3 Å². The Labute approximate surface area is 121 Å². The van der Waals surface area contributed by atoms with Gasteiger partial charge in [0.2, 0.25) is 0 Å². The van der Waals surface area contributed by atoms with Gasteiger partial charge in [0.1, 0.15) is 5.01 Å². The molecule has 0 aromatic carbocycles. The van der Waals surface area contributed by atoms with Crippen molar-refractivity contribution in [1.29, 1.82) is 0 Å². The van der Waals surface area contributed by atoms with Crippen LogP contribution in [0.25, 0.3) is 10.7 Å². The minimum absolute atomic E-state index is 0.514. The number of hydrogen-bond acceptors (Lipinski definition) is 5. The predicted molar refractivity (Wildman–Crippen MR) is 82.5 cm³/mol. The Morgan fingerprint density at radius 1 is 1.42 bits per heavy atom. The lowest BCUT2D eigenvalue weighted by atomic mass is 10.3. The Morgan fingerprint density at radius 3 is 3.00 bits per heavy atom. The van der Waals surface area contributed by atoms with Crippen LogP contribution in [0.3, 0.4) is 0 Å². The smallest absolute Gasteiger partial charge is 0.142 e. The first-order chi connectivity index (χ1) is 9.31. The van der Waals surface area contributed by atoms with Gasteiger partial charge in [0.05, 0.1) is 11.4 Å². The largest absolute Gasteiger partial charge is 0.310 e. The van der Waals surface area contributed by atoms with E-state index in [2.05, 4.69) is 26.9 Å². The highest BCUT2D eigenvalue weighted by Gasteiger charge is 2.41. The van der Waals surface area contributed by atoms with Gasteiger partial charge in [0.15, 0.2) is 0 Å². The van der Waals surface area contributed by atoms with E-state index >= 15 is 0 Å². The first-order valence-corrected chi connectivity index (χ1v) is 8.53. The molecule has 2 heterocycles. The van der Waals surface area contributed by atoms with Gasteiger partial charge < -0.3 is 5.32 Å². The minimum atomic E-state index is 0.514. The fourth-order valence-electron chi connectivity index (χ4n) is 2.01. The van der Waals surface area contributed by atoms with E-state index in [1.807, 2.05) is 36.2 Å². The van der Waals surface area contributed by atoms with Crippen LogP contribution in [0, 0.1) is 0 Å². The zero-order chi connectivity index (χ0) is 13.1. The molecule has 1 aliphatic carbocycles. The summed E-state index contributed by atoms with van der Waals surface area (Å²) in [7, 11) is 0. The molecule has 1 fully saturated rings. The normalized spacial score (nSPS) is 16.5. The second-order valence-electron chi connectivity index (χ2n) is 4.85. The molecular weight excluding hydrogens is 274 g/mol. The first-order valence-electron chi connectivity index (χ1n) is 6.43. The summed E-state index contributed by atoms with van der Waals surface area (Å²) in [5.74, 6) is 0. The highest BCUT2D eigenvalue weighted by Crippen LogP contribution is 2.46. The highest BCUT2D eigenvalue weighted by molar-refractivity contribution is 8.00. The van der Waals surface area contributed by atoms with E-state index < -0.39 is 0 Å². The lowest BCUT2D eigenvalue weighted by Gasteiger charge is -2.11. The average molecular weight is 291 g/mol. The average Bonchev–Trinajstić information content (AvgIpc) is 3.09. The maximum Gasteiger partial charge on any atom is 0.142 e. The van der Waals surface area contributed by atoms with Crippen LogP contribution in [0.4, 0.5) is 0 Å². The third-order valence-electron chi connectivity index (χ3n) is 3.43. The summed E-state index contributed by atoms with van der Waals surface area (Å²) in [5, 5.41) is 6.65. The van der Waals surface area contributed by atoms with Crippen molar-refractivity contribution in [2.75, 3.05) is 12.8 Å². The molecule has 100 valence electrons. The lowest BCUT2D eigenvalue weighted by molar-refractivity contribution is 0.655. The SMILES string of the molecule is CSC1(CNCc2csc(-c3ccccn3)n2)CC1.